The molecule has 3 N–H and O–H groups in total. The quantitative estimate of drug-likeness (QED) is 0.697. The first-order chi connectivity index (χ1) is 6.92. The SMILES string of the molecule is CC(C)(CO)C(=O)O.CC(O)CC(C)(C)C. The third-order valence-corrected chi connectivity index (χ3v) is 1.88. The average Bonchev–Trinajstić information content (AvgIpc) is 2.00. The van der Waals surface area contributed by atoms with Gasteiger partial charge in [0, 0.05) is 0 Å². The van der Waals surface area contributed by atoms with Crippen molar-refractivity contribution in [2.24, 2.45) is 10.8 Å². The fourth-order valence-corrected chi connectivity index (χ4v) is 0.954. The summed E-state index contributed by atoms with van der Waals surface area (Å²) < 4.78 is 0. The summed E-state index contributed by atoms with van der Waals surface area (Å²) in [6.07, 6.45) is 0.725. The highest BCUT2D eigenvalue weighted by Gasteiger charge is 2.25. The van der Waals surface area contributed by atoms with Gasteiger partial charge >= 0.3 is 5.97 Å². The predicted octanol–water partition coefficient (Wildman–Crippen LogP) is 1.89. The maximum absolute atomic E-state index is 10.1. The summed E-state index contributed by atoms with van der Waals surface area (Å²) >= 11 is 0. The fraction of sp³-hybridized carbons (Fsp3) is 0.917. The number of rotatable bonds is 3. The van der Waals surface area contributed by atoms with Crippen LogP contribution >= 0.6 is 0 Å². The monoisotopic (exact) mass is 234 g/mol. The largest absolute Gasteiger partial charge is 0.481 e. The molecule has 0 amide bonds. The second-order valence-electron chi connectivity index (χ2n) is 5.96. The molecule has 0 aromatic heterocycles. The Morgan fingerprint density at radius 2 is 1.56 bits per heavy atom. The molecule has 0 fully saturated rings. The van der Waals surface area contributed by atoms with Crippen LogP contribution in [0.2, 0.25) is 0 Å². The van der Waals surface area contributed by atoms with E-state index in [9.17, 15) is 4.79 Å². The van der Waals surface area contributed by atoms with Crippen LogP contribution in [0.1, 0.15) is 48.0 Å². The van der Waals surface area contributed by atoms with E-state index < -0.39 is 11.4 Å². The minimum atomic E-state index is -0.986. The summed E-state index contributed by atoms with van der Waals surface area (Å²) in [7, 11) is 0. The van der Waals surface area contributed by atoms with Gasteiger partial charge in [-0.15, -0.1) is 0 Å². The minimum Gasteiger partial charge on any atom is -0.481 e. The summed E-state index contributed by atoms with van der Waals surface area (Å²) in [6, 6.07) is 0. The van der Waals surface area contributed by atoms with Gasteiger partial charge in [-0.25, -0.2) is 0 Å². The van der Waals surface area contributed by atoms with Gasteiger partial charge in [0.1, 0.15) is 0 Å². The van der Waals surface area contributed by atoms with Crippen molar-refractivity contribution in [1.29, 1.82) is 0 Å². The summed E-state index contributed by atoms with van der Waals surface area (Å²) in [5.74, 6) is -0.972. The number of carboxylic acids is 1. The predicted molar refractivity (Wildman–Crippen MR) is 64.3 cm³/mol. The number of carboxylic acid groups (broad SMARTS) is 1. The first-order valence-electron chi connectivity index (χ1n) is 5.44. The Morgan fingerprint density at radius 1 is 1.19 bits per heavy atom. The Bertz CT molecular complexity index is 202. The molecule has 0 heterocycles. The lowest BCUT2D eigenvalue weighted by Gasteiger charge is -2.19. The van der Waals surface area contributed by atoms with Crippen LogP contribution in [0.25, 0.3) is 0 Å². The molecule has 0 bridgehead atoms. The molecule has 16 heavy (non-hydrogen) atoms. The van der Waals surface area contributed by atoms with Crippen LogP contribution in [0.15, 0.2) is 0 Å². The minimum absolute atomic E-state index is 0.157. The third kappa shape index (κ3) is 11.5. The molecule has 1 unspecified atom stereocenters. The van der Waals surface area contributed by atoms with E-state index in [1.807, 2.05) is 6.92 Å². The molecule has 0 aliphatic heterocycles. The third-order valence-electron chi connectivity index (χ3n) is 1.88. The van der Waals surface area contributed by atoms with Gasteiger partial charge in [-0.2, -0.15) is 0 Å². The number of aliphatic carboxylic acids is 1. The van der Waals surface area contributed by atoms with Crippen LogP contribution in [0.5, 0.6) is 0 Å². The Hall–Kier alpha value is -0.610. The Morgan fingerprint density at radius 3 is 1.56 bits per heavy atom. The van der Waals surface area contributed by atoms with Gasteiger partial charge in [0.05, 0.1) is 18.1 Å². The van der Waals surface area contributed by atoms with Crippen LogP contribution in [-0.2, 0) is 4.79 Å². The molecule has 98 valence electrons. The Kier molecular flexibility index (Phi) is 7.62. The molecule has 1 atom stereocenters. The first-order valence-corrected chi connectivity index (χ1v) is 5.44. The van der Waals surface area contributed by atoms with Crippen molar-refractivity contribution >= 4 is 5.97 Å². The average molecular weight is 234 g/mol. The highest BCUT2D eigenvalue weighted by Crippen LogP contribution is 2.19. The second kappa shape index (κ2) is 6.86. The van der Waals surface area contributed by atoms with Crippen LogP contribution in [0.4, 0.5) is 0 Å². The summed E-state index contributed by atoms with van der Waals surface area (Å²) in [6.45, 7) is 10.8. The fourth-order valence-electron chi connectivity index (χ4n) is 0.954. The zero-order chi connectivity index (χ0) is 13.6. The molecule has 0 saturated heterocycles. The molecule has 4 nitrogen and oxygen atoms in total. The van der Waals surface area contributed by atoms with Crippen LogP contribution in [0, 0.1) is 10.8 Å². The number of carbonyl (C=O) groups is 1. The molecular formula is C12H26O4. The van der Waals surface area contributed by atoms with Gasteiger partial charge in [0.2, 0.25) is 0 Å². The summed E-state index contributed by atoms with van der Waals surface area (Å²) in [5, 5.41) is 25.6. The normalized spacial score (nSPS) is 13.8. The Balaban J connectivity index is 0. The van der Waals surface area contributed by atoms with Gasteiger partial charge in [-0.05, 0) is 32.6 Å². The van der Waals surface area contributed by atoms with E-state index in [0.29, 0.717) is 0 Å². The van der Waals surface area contributed by atoms with Gasteiger partial charge in [-0.3, -0.25) is 4.79 Å². The lowest BCUT2D eigenvalue weighted by molar-refractivity contribution is -0.148. The lowest BCUT2D eigenvalue weighted by Crippen LogP contribution is -2.27. The molecular weight excluding hydrogens is 208 g/mol. The lowest BCUT2D eigenvalue weighted by atomic mass is 9.90. The summed E-state index contributed by atoms with van der Waals surface area (Å²) in [4.78, 5) is 10.1. The van der Waals surface area contributed by atoms with Gasteiger partial charge in [0.15, 0.2) is 0 Å². The zero-order valence-electron chi connectivity index (χ0n) is 11.2. The second-order valence-corrected chi connectivity index (χ2v) is 5.96. The van der Waals surface area contributed by atoms with Crippen LogP contribution < -0.4 is 0 Å². The molecule has 4 heteroatoms. The van der Waals surface area contributed by atoms with Crippen molar-refractivity contribution in [3.8, 4) is 0 Å². The van der Waals surface area contributed by atoms with Gasteiger partial charge in [-0.1, -0.05) is 20.8 Å². The maximum atomic E-state index is 10.1. The number of aliphatic hydroxyl groups is 2. The number of aliphatic hydroxyl groups excluding tert-OH is 2. The molecule has 0 rings (SSSR count). The molecule has 0 aliphatic carbocycles. The van der Waals surface area contributed by atoms with Crippen molar-refractivity contribution in [2.45, 2.75) is 54.1 Å². The summed E-state index contributed by atoms with van der Waals surface area (Å²) in [5.41, 5.74) is -0.714. The van der Waals surface area contributed by atoms with E-state index in [1.165, 1.54) is 13.8 Å². The zero-order valence-corrected chi connectivity index (χ0v) is 11.2. The van der Waals surface area contributed by atoms with Gasteiger partial charge < -0.3 is 15.3 Å². The van der Waals surface area contributed by atoms with Crippen molar-refractivity contribution in [3.63, 3.8) is 0 Å². The standard InChI is InChI=1S/C7H16O.C5H10O3/c1-6(8)5-7(2,3)4;1-5(2,3-6)4(7)8/h6,8H,5H2,1-4H3;6H,3H2,1-2H3,(H,7,8). The molecule has 0 aromatic carbocycles. The van der Waals surface area contributed by atoms with E-state index >= 15 is 0 Å². The van der Waals surface area contributed by atoms with E-state index in [-0.39, 0.29) is 18.1 Å². The van der Waals surface area contributed by atoms with Crippen LogP contribution in [0.3, 0.4) is 0 Å². The van der Waals surface area contributed by atoms with Crippen molar-refractivity contribution in [3.05, 3.63) is 0 Å². The van der Waals surface area contributed by atoms with E-state index in [1.54, 1.807) is 0 Å². The van der Waals surface area contributed by atoms with E-state index in [0.717, 1.165) is 6.42 Å². The first kappa shape index (κ1) is 17.8. The van der Waals surface area contributed by atoms with Crippen molar-refractivity contribution in [1.82, 2.24) is 0 Å². The van der Waals surface area contributed by atoms with Crippen molar-refractivity contribution in [2.75, 3.05) is 6.61 Å². The number of hydrogen-bond donors (Lipinski definition) is 3. The Labute approximate surface area is 98.3 Å². The van der Waals surface area contributed by atoms with Crippen LogP contribution in [-0.4, -0.2) is 34.0 Å². The van der Waals surface area contributed by atoms with Crippen molar-refractivity contribution < 1.29 is 20.1 Å². The maximum Gasteiger partial charge on any atom is 0.311 e. The molecule has 0 aliphatic rings. The van der Waals surface area contributed by atoms with E-state index in [2.05, 4.69) is 20.8 Å². The topological polar surface area (TPSA) is 77.8 Å². The highest BCUT2D eigenvalue weighted by molar-refractivity contribution is 5.73. The molecule has 0 saturated carbocycles. The highest BCUT2D eigenvalue weighted by atomic mass is 16.4. The number of hydrogen-bond acceptors (Lipinski definition) is 3. The molecule has 0 radical (unpaired) electrons. The molecule has 0 aromatic rings. The smallest absolute Gasteiger partial charge is 0.311 e. The molecule has 0 spiro atoms. The van der Waals surface area contributed by atoms with E-state index in [4.69, 9.17) is 15.3 Å². The van der Waals surface area contributed by atoms with Gasteiger partial charge in [0.25, 0.3) is 0 Å².